The number of nitrogens with one attached hydrogen (secondary N) is 3. The van der Waals surface area contributed by atoms with E-state index in [9.17, 15) is 24.3 Å². The van der Waals surface area contributed by atoms with Crippen molar-refractivity contribution in [3.8, 4) is 0 Å². The van der Waals surface area contributed by atoms with E-state index in [-0.39, 0.29) is 24.9 Å². The molecule has 9 nitrogen and oxygen atoms in total. The highest BCUT2D eigenvalue weighted by Gasteiger charge is 2.32. The van der Waals surface area contributed by atoms with Gasteiger partial charge in [0.15, 0.2) is 20.5 Å². The Balaban J connectivity index is 1.54. The number of rotatable bonds is 16. The molecule has 10 heteroatoms. The number of amides is 2. The van der Waals surface area contributed by atoms with Gasteiger partial charge in [-0.1, -0.05) is 76.2 Å². The van der Waals surface area contributed by atoms with Crippen molar-refractivity contribution >= 4 is 53.2 Å². The number of carboxylic acids is 1. The van der Waals surface area contributed by atoms with Gasteiger partial charge < -0.3 is 20.7 Å². The summed E-state index contributed by atoms with van der Waals surface area (Å²) in [5, 5.41) is 18.0. The third-order valence-electron chi connectivity index (χ3n) is 7.82. The molecule has 1 heterocycles. The minimum atomic E-state index is -1.83. The zero-order valence-corrected chi connectivity index (χ0v) is 28.6. The van der Waals surface area contributed by atoms with Crippen LogP contribution in [0.1, 0.15) is 62.2 Å². The summed E-state index contributed by atoms with van der Waals surface area (Å²) in [6, 6.07) is 22.6. The predicted octanol–water partition coefficient (Wildman–Crippen LogP) is 5.14. The zero-order valence-electron chi connectivity index (χ0n) is 27.6. The van der Waals surface area contributed by atoms with E-state index in [1.54, 1.807) is 0 Å². The summed E-state index contributed by atoms with van der Waals surface area (Å²) < 4.78 is 6.18. The summed E-state index contributed by atoms with van der Waals surface area (Å²) >= 11 is 0. The predicted molar refractivity (Wildman–Crippen MR) is 188 cm³/mol. The number of carboxylic acid groups (broad SMARTS) is 1. The van der Waals surface area contributed by atoms with Gasteiger partial charge in [-0.15, -0.1) is 0 Å². The normalized spacial score (nSPS) is 12.8. The molecule has 2 atom stereocenters. The number of carbonyl (C=O) groups is 4. The fourth-order valence-corrected chi connectivity index (χ4v) is 7.64. The summed E-state index contributed by atoms with van der Waals surface area (Å²) in [6.07, 6.45) is 0.337. The lowest BCUT2D eigenvalue weighted by molar-refractivity contribution is -0.140. The molecular weight excluding hydrogens is 613 g/mol. The lowest BCUT2D eigenvalue weighted by atomic mass is 9.96. The number of hydrogen-bond donors (Lipinski definition) is 4. The first-order valence-electron chi connectivity index (χ1n) is 16.0. The van der Waals surface area contributed by atoms with Crippen LogP contribution in [-0.4, -0.2) is 52.3 Å². The molecule has 4 rings (SSSR count). The van der Waals surface area contributed by atoms with E-state index in [4.69, 9.17) is 4.52 Å². The fourth-order valence-electron chi connectivity index (χ4n) is 5.70. The molecule has 4 N–H and O–H groups in total. The summed E-state index contributed by atoms with van der Waals surface area (Å²) in [5.74, 6) is -2.55. The number of fused-ring (bicyclic) bond motifs is 1. The van der Waals surface area contributed by atoms with Crippen LogP contribution < -0.4 is 21.2 Å². The van der Waals surface area contributed by atoms with Crippen LogP contribution in [0.15, 0.2) is 78.9 Å². The number of aliphatic carboxylic acids is 1. The standard InChI is InChI=1S/C37H44N3O6P/c1-23(2)19-28-34-25(5)13-12-18-29(34)38-35(28)37(45)40-31(20-24(3)4)36(44)39-30(21-33(42)43)32(41)22-46-47(26-14-8-6-9-15-26)27-16-10-7-11-17-27/h6-18,23-24,30-31,38H,19-22H2,1-5H3,(H,39,44)(H,40,45)(H,42,43)/p+1/t30?,31-/m0/s1. The van der Waals surface area contributed by atoms with E-state index in [0.29, 0.717) is 12.1 Å². The average Bonchev–Trinajstić information content (AvgIpc) is 3.40. The van der Waals surface area contributed by atoms with Gasteiger partial charge in [0.2, 0.25) is 5.91 Å². The summed E-state index contributed by atoms with van der Waals surface area (Å²) in [4.78, 5) is 56.0. The quantitative estimate of drug-likeness (QED) is 0.123. The second-order valence-electron chi connectivity index (χ2n) is 12.7. The number of benzene rings is 3. The highest BCUT2D eigenvalue weighted by atomic mass is 31.1. The Morgan fingerprint density at radius 1 is 0.809 bits per heavy atom. The number of hydrogen-bond acceptors (Lipinski definition) is 5. The Morgan fingerprint density at radius 3 is 1.98 bits per heavy atom. The van der Waals surface area contributed by atoms with Gasteiger partial charge in [-0.2, -0.15) is 0 Å². The topological polar surface area (TPSA) is 138 Å². The average molecular weight is 659 g/mol. The van der Waals surface area contributed by atoms with Crippen molar-refractivity contribution in [2.45, 2.75) is 66.0 Å². The van der Waals surface area contributed by atoms with Gasteiger partial charge in [-0.25, -0.2) is 4.52 Å². The Morgan fingerprint density at radius 2 is 1.43 bits per heavy atom. The van der Waals surface area contributed by atoms with Gasteiger partial charge >= 0.3 is 5.97 Å². The van der Waals surface area contributed by atoms with E-state index in [0.717, 1.165) is 32.6 Å². The number of aromatic nitrogens is 1. The van der Waals surface area contributed by atoms with Crippen LogP contribution in [0.4, 0.5) is 0 Å². The fraction of sp³-hybridized carbons (Fsp3) is 0.351. The van der Waals surface area contributed by atoms with Crippen LogP contribution in [0.2, 0.25) is 0 Å². The molecule has 0 saturated carbocycles. The highest BCUT2D eigenvalue weighted by Crippen LogP contribution is 2.35. The van der Waals surface area contributed by atoms with Crippen molar-refractivity contribution < 1.29 is 28.8 Å². The molecule has 0 aliphatic heterocycles. The Bertz CT molecular complexity index is 1650. The Hall–Kier alpha value is -4.33. The Labute approximate surface area is 277 Å². The van der Waals surface area contributed by atoms with E-state index in [1.807, 2.05) is 99.6 Å². The number of ketones is 1. The van der Waals surface area contributed by atoms with Gasteiger partial charge in [-0.05, 0) is 73.1 Å². The molecule has 1 unspecified atom stereocenters. The molecule has 0 aliphatic carbocycles. The van der Waals surface area contributed by atoms with Crippen molar-refractivity contribution in [1.82, 2.24) is 15.6 Å². The Kier molecular flexibility index (Phi) is 12.5. The molecule has 1 aromatic heterocycles. The minimum absolute atomic E-state index is 0.0185. The molecule has 0 aliphatic rings. The first-order valence-corrected chi connectivity index (χ1v) is 17.4. The number of H-pyrrole nitrogens is 1. The van der Waals surface area contributed by atoms with Gasteiger partial charge in [-0.3, -0.25) is 19.2 Å². The van der Waals surface area contributed by atoms with Crippen molar-refractivity contribution in [2.24, 2.45) is 11.8 Å². The molecule has 2 amide bonds. The maximum Gasteiger partial charge on any atom is 0.305 e. The molecule has 0 bridgehead atoms. The van der Waals surface area contributed by atoms with Crippen LogP contribution in [-0.2, 0) is 25.3 Å². The molecule has 47 heavy (non-hydrogen) atoms. The summed E-state index contributed by atoms with van der Waals surface area (Å²) in [7, 11) is -1.83. The van der Waals surface area contributed by atoms with Crippen molar-refractivity contribution in [3.63, 3.8) is 0 Å². The van der Waals surface area contributed by atoms with Gasteiger partial charge in [0.1, 0.15) is 28.4 Å². The smallest absolute Gasteiger partial charge is 0.305 e. The van der Waals surface area contributed by atoms with Crippen LogP contribution >= 0.6 is 8.15 Å². The number of carbonyl (C=O) groups excluding carboxylic acids is 3. The minimum Gasteiger partial charge on any atom is -0.481 e. The van der Waals surface area contributed by atoms with Crippen LogP contribution in [0.5, 0.6) is 0 Å². The van der Waals surface area contributed by atoms with Crippen LogP contribution in [0, 0.1) is 18.8 Å². The SMILES string of the molecule is Cc1cccc2[nH]c(C(=O)N[C@@H](CC(C)C)C(=O)NC(CC(=O)O)C(=O)CO[PH+](c3ccccc3)c3ccccc3)c(CC(C)C)c12. The van der Waals surface area contributed by atoms with E-state index in [1.165, 1.54) is 0 Å². The van der Waals surface area contributed by atoms with E-state index < -0.39 is 50.2 Å². The zero-order chi connectivity index (χ0) is 34.1. The monoisotopic (exact) mass is 658 g/mol. The molecule has 0 spiro atoms. The highest BCUT2D eigenvalue weighted by molar-refractivity contribution is 7.68. The van der Waals surface area contributed by atoms with Crippen LogP contribution in [0.25, 0.3) is 10.9 Å². The molecule has 0 saturated heterocycles. The maximum atomic E-state index is 13.8. The number of Topliss-reactive ketones (excluding diaryl/α,β-unsaturated/α-hetero) is 1. The lowest BCUT2D eigenvalue weighted by Crippen LogP contribution is -2.53. The van der Waals surface area contributed by atoms with Gasteiger partial charge in [0.05, 0.1) is 6.42 Å². The maximum absolute atomic E-state index is 13.8. The summed E-state index contributed by atoms with van der Waals surface area (Å²) in [6.45, 7) is 9.64. The first-order chi connectivity index (χ1) is 22.4. The lowest BCUT2D eigenvalue weighted by Gasteiger charge is -2.23. The first kappa shape index (κ1) is 35.5. The van der Waals surface area contributed by atoms with Gasteiger partial charge in [0.25, 0.3) is 5.91 Å². The second-order valence-corrected chi connectivity index (χ2v) is 14.8. The van der Waals surface area contributed by atoms with Crippen LogP contribution in [0.3, 0.4) is 0 Å². The molecule has 0 fully saturated rings. The molecule has 0 radical (unpaired) electrons. The van der Waals surface area contributed by atoms with E-state index >= 15 is 0 Å². The third kappa shape index (κ3) is 9.60. The van der Waals surface area contributed by atoms with Gasteiger partial charge in [0, 0.05) is 10.9 Å². The second kappa shape index (κ2) is 16.5. The number of aryl methyl sites for hydroxylation is 1. The summed E-state index contributed by atoms with van der Waals surface area (Å²) in [5.41, 5.74) is 3.17. The van der Waals surface area contributed by atoms with Crippen molar-refractivity contribution in [1.29, 1.82) is 0 Å². The van der Waals surface area contributed by atoms with E-state index in [2.05, 4.69) is 29.5 Å². The molecule has 4 aromatic rings. The third-order valence-corrected chi connectivity index (χ3v) is 9.97. The van der Waals surface area contributed by atoms with Crippen molar-refractivity contribution in [3.05, 3.63) is 95.7 Å². The molecule has 3 aromatic carbocycles. The van der Waals surface area contributed by atoms with Crippen molar-refractivity contribution in [2.75, 3.05) is 6.61 Å². The molecular formula is C37H45N3O6P+. The number of aromatic amines is 1. The molecule has 248 valence electrons. The largest absolute Gasteiger partial charge is 0.481 e.